The van der Waals surface area contributed by atoms with Gasteiger partial charge in [0.25, 0.3) is 0 Å². The van der Waals surface area contributed by atoms with Crippen LogP contribution in [0.15, 0.2) is 18.2 Å². The molecule has 0 bridgehead atoms. The van der Waals surface area contributed by atoms with Crippen molar-refractivity contribution in [3.05, 3.63) is 23.8 Å². The van der Waals surface area contributed by atoms with Crippen molar-refractivity contribution in [2.45, 2.75) is 45.0 Å². The Morgan fingerprint density at radius 2 is 2.00 bits per heavy atom. The van der Waals surface area contributed by atoms with Gasteiger partial charge in [0, 0.05) is 0 Å². The van der Waals surface area contributed by atoms with E-state index in [-0.39, 0.29) is 12.2 Å². The van der Waals surface area contributed by atoms with Crippen molar-refractivity contribution in [1.82, 2.24) is 0 Å². The van der Waals surface area contributed by atoms with Gasteiger partial charge < -0.3 is 9.84 Å². The molecule has 5 nitrogen and oxygen atoms in total. The van der Waals surface area contributed by atoms with Gasteiger partial charge in [-0.2, -0.15) is 8.42 Å². The molecule has 0 aliphatic rings. The third kappa shape index (κ3) is 4.72. The fourth-order valence-electron chi connectivity index (χ4n) is 1.74. The molecule has 1 unspecified atom stereocenters. The minimum Gasteiger partial charge on any atom is -0.508 e. The van der Waals surface area contributed by atoms with Crippen molar-refractivity contribution in [2.75, 3.05) is 0 Å². The Bertz CT molecular complexity index is 510. The molecule has 2 N–H and O–H groups in total. The molecular weight excluding hydrogens is 268 g/mol. The Morgan fingerprint density at radius 1 is 1.32 bits per heavy atom. The molecule has 0 aromatic heterocycles. The Morgan fingerprint density at radius 3 is 2.53 bits per heavy atom. The zero-order chi connectivity index (χ0) is 14.5. The van der Waals surface area contributed by atoms with Crippen LogP contribution in [-0.2, 0) is 16.5 Å². The molecule has 6 heteroatoms. The van der Waals surface area contributed by atoms with E-state index in [1.54, 1.807) is 13.0 Å². The van der Waals surface area contributed by atoms with Crippen molar-refractivity contribution < 1.29 is 22.8 Å². The normalized spacial score (nSPS) is 13.2. The summed E-state index contributed by atoms with van der Waals surface area (Å²) >= 11 is 0. The fraction of sp³-hybridized carbons (Fsp3) is 0.538. The molecule has 0 heterocycles. The molecule has 0 aliphatic heterocycles. The van der Waals surface area contributed by atoms with Crippen LogP contribution in [0.3, 0.4) is 0 Å². The van der Waals surface area contributed by atoms with Crippen LogP contribution in [0.4, 0.5) is 0 Å². The highest BCUT2D eigenvalue weighted by atomic mass is 32.2. The van der Waals surface area contributed by atoms with Crippen LogP contribution >= 0.6 is 0 Å². The minimum atomic E-state index is -4.25. The van der Waals surface area contributed by atoms with E-state index in [0.29, 0.717) is 12.2 Å². The van der Waals surface area contributed by atoms with Gasteiger partial charge in [0.1, 0.15) is 11.5 Å². The molecular formula is C13H20O5S. The summed E-state index contributed by atoms with van der Waals surface area (Å²) in [5, 5.41) is 9.46. The van der Waals surface area contributed by atoms with Gasteiger partial charge >= 0.3 is 10.1 Å². The highest BCUT2D eigenvalue weighted by molar-refractivity contribution is 7.86. The molecule has 1 rings (SSSR count). The highest BCUT2D eigenvalue weighted by Crippen LogP contribution is 2.27. The zero-order valence-corrected chi connectivity index (χ0v) is 12.0. The third-order valence-electron chi connectivity index (χ3n) is 2.77. The van der Waals surface area contributed by atoms with Crippen LogP contribution in [0.1, 0.15) is 38.7 Å². The van der Waals surface area contributed by atoms with Crippen LogP contribution in [0.2, 0.25) is 0 Å². The summed E-state index contributed by atoms with van der Waals surface area (Å²) in [7, 11) is -4.25. The van der Waals surface area contributed by atoms with Crippen LogP contribution in [-0.4, -0.2) is 23.5 Å². The number of aromatic hydroxyl groups is 1. The zero-order valence-electron chi connectivity index (χ0n) is 11.2. The molecule has 0 saturated heterocycles. The quantitative estimate of drug-likeness (QED) is 0.754. The third-order valence-corrected chi connectivity index (χ3v) is 3.86. The first-order valence-electron chi connectivity index (χ1n) is 6.33. The van der Waals surface area contributed by atoms with E-state index >= 15 is 0 Å². The van der Waals surface area contributed by atoms with Gasteiger partial charge in [-0.05, 0) is 43.0 Å². The second kappa shape index (κ2) is 6.77. The van der Waals surface area contributed by atoms with Gasteiger partial charge in [-0.3, -0.25) is 4.55 Å². The number of benzene rings is 1. The van der Waals surface area contributed by atoms with E-state index < -0.39 is 15.6 Å². The Labute approximate surface area is 114 Å². The first-order chi connectivity index (χ1) is 8.88. The van der Waals surface area contributed by atoms with Crippen LogP contribution in [0.25, 0.3) is 0 Å². The van der Waals surface area contributed by atoms with E-state index in [4.69, 9.17) is 9.29 Å². The molecule has 1 atom stereocenters. The number of unbranched alkanes of at least 4 members (excludes halogenated alkanes) is 1. The monoisotopic (exact) mass is 288 g/mol. The first kappa shape index (κ1) is 15.8. The van der Waals surface area contributed by atoms with Gasteiger partial charge in [-0.25, -0.2) is 0 Å². The SMILES string of the molecule is CCCCc1cc(O)ccc1OC(CC)S(=O)(=O)O. The number of aryl methyl sites for hydroxylation is 1. The van der Waals surface area contributed by atoms with E-state index in [1.807, 2.05) is 6.92 Å². The lowest BCUT2D eigenvalue weighted by molar-refractivity contribution is 0.250. The lowest BCUT2D eigenvalue weighted by Gasteiger charge is -2.17. The fourth-order valence-corrected chi connectivity index (χ4v) is 2.39. The summed E-state index contributed by atoms with van der Waals surface area (Å²) in [6.07, 6.45) is 2.71. The molecule has 1 aromatic carbocycles. The molecule has 0 amide bonds. The molecule has 0 radical (unpaired) electrons. The summed E-state index contributed by atoms with van der Waals surface area (Å²) in [5.41, 5.74) is -0.540. The number of ether oxygens (including phenoxy) is 1. The summed E-state index contributed by atoms with van der Waals surface area (Å²) < 4.78 is 36.7. The van der Waals surface area contributed by atoms with Gasteiger partial charge in [-0.15, -0.1) is 0 Å². The molecule has 19 heavy (non-hydrogen) atoms. The standard InChI is InChI=1S/C13H20O5S/c1-3-5-6-10-9-11(14)7-8-12(10)18-13(4-2)19(15,16)17/h7-9,13-14H,3-6H2,1-2H3,(H,15,16,17). The average molecular weight is 288 g/mol. The predicted octanol–water partition coefficient (Wildman–Crippen LogP) is 2.74. The highest BCUT2D eigenvalue weighted by Gasteiger charge is 2.23. The number of rotatable bonds is 7. The van der Waals surface area contributed by atoms with Crippen molar-refractivity contribution in [1.29, 1.82) is 0 Å². The maximum absolute atomic E-state index is 11.1. The second-order valence-electron chi connectivity index (χ2n) is 4.37. The average Bonchev–Trinajstić information content (AvgIpc) is 2.33. The van der Waals surface area contributed by atoms with Crippen molar-refractivity contribution in [3.8, 4) is 11.5 Å². The number of phenolic OH excluding ortho intramolecular Hbond substituents is 1. The maximum Gasteiger partial charge on any atom is 0.303 e. The molecule has 0 aliphatic carbocycles. The van der Waals surface area contributed by atoms with E-state index in [1.165, 1.54) is 12.1 Å². The smallest absolute Gasteiger partial charge is 0.303 e. The summed E-state index contributed by atoms with van der Waals surface area (Å²) in [4.78, 5) is 0. The topological polar surface area (TPSA) is 83.8 Å². The second-order valence-corrected chi connectivity index (χ2v) is 5.92. The van der Waals surface area contributed by atoms with Crippen LogP contribution in [0, 0.1) is 0 Å². The molecule has 0 spiro atoms. The number of hydrogen-bond acceptors (Lipinski definition) is 4. The Hall–Kier alpha value is -1.27. The molecule has 108 valence electrons. The molecule has 0 fully saturated rings. The first-order valence-corrected chi connectivity index (χ1v) is 7.83. The van der Waals surface area contributed by atoms with E-state index in [2.05, 4.69) is 0 Å². The molecule has 1 aromatic rings. The molecule has 0 saturated carbocycles. The van der Waals surface area contributed by atoms with Gasteiger partial charge in [0.2, 0.25) is 5.44 Å². The number of phenols is 1. The van der Waals surface area contributed by atoms with Crippen molar-refractivity contribution in [3.63, 3.8) is 0 Å². The van der Waals surface area contributed by atoms with E-state index in [9.17, 15) is 13.5 Å². The minimum absolute atomic E-state index is 0.110. The van der Waals surface area contributed by atoms with Gasteiger partial charge in [0.15, 0.2) is 0 Å². The lowest BCUT2D eigenvalue weighted by Crippen LogP contribution is -2.26. The van der Waals surface area contributed by atoms with Crippen LogP contribution in [0.5, 0.6) is 11.5 Å². The summed E-state index contributed by atoms with van der Waals surface area (Å²) in [5.74, 6) is 0.495. The maximum atomic E-state index is 11.1. The van der Waals surface area contributed by atoms with E-state index in [0.717, 1.165) is 18.4 Å². The summed E-state index contributed by atoms with van der Waals surface area (Å²) in [6, 6.07) is 4.51. The predicted molar refractivity (Wildman–Crippen MR) is 73.0 cm³/mol. The Balaban J connectivity index is 2.99. The lowest BCUT2D eigenvalue weighted by atomic mass is 10.1. The summed E-state index contributed by atoms with van der Waals surface area (Å²) in [6.45, 7) is 3.65. The number of hydrogen-bond donors (Lipinski definition) is 2. The van der Waals surface area contributed by atoms with Crippen LogP contribution < -0.4 is 4.74 Å². The van der Waals surface area contributed by atoms with Gasteiger partial charge in [-0.1, -0.05) is 20.3 Å². The van der Waals surface area contributed by atoms with Gasteiger partial charge in [0.05, 0.1) is 0 Å². The largest absolute Gasteiger partial charge is 0.508 e. The Kier molecular flexibility index (Phi) is 5.62. The van der Waals surface area contributed by atoms with Crippen molar-refractivity contribution >= 4 is 10.1 Å². The van der Waals surface area contributed by atoms with Crippen molar-refractivity contribution in [2.24, 2.45) is 0 Å².